The van der Waals surface area contributed by atoms with E-state index in [1.165, 1.54) is 18.4 Å². The Morgan fingerprint density at radius 2 is 1.92 bits per heavy atom. The van der Waals surface area contributed by atoms with Crippen molar-refractivity contribution >= 4 is 0 Å². The molecule has 1 aliphatic rings. The molecule has 1 aromatic rings. The topological polar surface area (TPSA) is 26.0 Å². The first-order chi connectivity index (χ1) is 6.27. The highest BCUT2D eigenvalue weighted by molar-refractivity contribution is 5.27. The molecule has 1 aromatic carbocycles. The lowest BCUT2D eigenvalue weighted by Crippen LogP contribution is -2.33. The molecule has 1 atom stereocenters. The molecule has 0 bridgehead atoms. The van der Waals surface area contributed by atoms with Gasteiger partial charge in [-0.25, -0.2) is 0 Å². The van der Waals surface area contributed by atoms with Gasteiger partial charge in [0.15, 0.2) is 0 Å². The van der Waals surface area contributed by atoms with Crippen LogP contribution in [0.1, 0.15) is 25.3 Å². The van der Waals surface area contributed by atoms with E-state index in [1.54, 1.807) is 0 Å². The summed E-state index contributed by atoms with van der Waals surface area (Å²) in [6.07, 6.45) is 2.70. The summed E-state index contributed by atoms with van der Waals surface area (Å²) in [5.41, 5.74) is 7.51. The lowest BCUT2D eigenvalue weighted by molar-refractivity contribution is 0.420. The van der Waals surface area contributed by atoms with Crippen molar-refractivity contribution in [1.82, 2.24) is 0 Å². The van der Waals surface area contributed by atoms with E-state index in [9.17, 15) is 0 Å². The standard InChI is InChI=1S/C12H17N/c1-12(9-13,11-7-8-11)10-5-3-2-4-6-10/h2-6,11H,7-9,13H2,1H3. The predicted octanol–water partition coefficient (Wildman–Crippen LogP) is 2.31. The summed E-state index contributed by atoms with van der Waals surface area (Å²) in [7, 11) is 0. The normalized spacial score (nSPS) is 21.1. The van der Waals surface area contributed by atoms with E-state index in [1.807, 2.05) is 0 Å². The number of hydrogen-bond donors (Lipinski definition) is 1. The molecular weight excluding hydrogens is 158 g/mol. The van der Waals surface area contributed by atoms with Gasteiger partial charge in [-0.05, 0) is 24.3 Å². The predicted molar refractivity (Wildman–Crippen MR) is 55.6 cm³/mol. The van der Waals surface area contributed by atoms with Crippen LogP contribution in [0.15, 0.2) is 30.3 Å². The number of rotatable bonds is 3. The molecule has 0 aromatic heterocycles. The fraction of sp³-hybridized carbons (Fsp3) is 0.500. The molecular formula is C12H17N. The van der Waals surface area contributed by atoms with Gasteiger partial charge in [0.2, 0.25) is 0 Å². The van der Waals surface area contributed by atoms with Crippen LogP contribution in [0.3, 0.4) is 0 Å². The quantitative estimate of drug-likeness (QED) is 0.749. The molecule has 0 radical (unpaired) electrons. The Kier molecular flexibility index (Phi) is 2.12. The van der Waals surface area contributed by atoms with Gasteiger partial charge in [-0.15, -0.1) is 0 Å². The molecule has 1 aliphatic carbocycles. The molecule has 1 nitrogen and oxygen atoms in total. The monoisotopic (exact) mass is 175 g/mol. The van der Waals surface area contributed by atoms with Crippen molar-refractivity contribution < 1.29 is 0 Å². The Balaban J connectivity index is 2.30. The van der Waals surface area contributed by atoms with Crippen molar-refractivity contribution in [3.05, 3.63) is 35.9 Å². The molecule has 0 aliphatic heterocycles. The Hall–Kier alpha value is -0.820. The van der Waals surface area contributed by atoms with Gasteiger partial charge in [0, 0.05) is 12.0 Å². The summed E-state index contributed by atoms with van der Waals surface area (Å²) in [5, 5.41) is 0. The summed E-state index contributed by atoms with van der Waals surface area (Å²) < 4.78 is 0. The molecule has 1 saturated carbocycles. The molecule has 0 amide bonds. The van der Waals surface area contributed by atoms with Gasteiger partial charge in [-0.2, -0.15) is 0 Å². The maximum Gasteiger partial charge on any atom is 0.00755 e. The van der Waals surface area contributed by atoms with E-state index in [4.69, 9.17) is 5.73 Å². The largest absolute Gasteiger partial charge is 0.330 e. The third kappa shape index (κ3) is 1.49. The van der Waals surface area contributed by atoms with Gasteiger partial charge >= 0.3 is 0 Å². The summed E-state index contributed by atoms with van der Waals surface area (Å²) in [5.74, 6) is 0.819. The van der Waals surface area contributed by atoms with Crippen molar-refractivity contribution in [2.75, 3.05) is 6.54 Å². The Morgan fingerprint density at radius 1 is 1.31 bits per heavy atom. The SMILES string of the molecule is CC(CN)(c1ccccc1)C1CC1. The van der Waals surface area contributed by atoms with Crippen LogP contribution in [-0.4, -0.2) is 6.54 Å². The van der Waals surface area contributed by atoms with Crippen LogP contribution in [0.25, 0.3) is 0 Å². The van der Waals surface area contributed by atoms with Crippen LogP contribution in [0.4, 0.5) is 0 Å². The van der Waals surface area contributed by atoms with Gasteiger partial charge in [-0.1, -0.05) is 37.3 Å². The summed E-state index contributed by atoms with van der Waals surface area (Å²) in [4.78, 5) is 0. The van der Waals surface area contributed by atoms with Crippen LogP contribution < -0.4 is 5.73 Å². The Morgan fingerprint density at radius 3 is 2.38 bits per heavy atom. The van der Waals surface area contributed by atoms with Crippen molar-refractivity contribution in [2.24, 2.45) is 11.7 Å². The third-order valence-electron chi connectivity index (χ3n) is 3.34. The Labute approximate surface area is 80.0 Å². The van der Waals surface area contributed by atoms with E-state index in [0.717, 1.165) is 12.5 Å². The minimum absolute atomic E-state index is 0.223. The van der Waals surface area contributed by atoms with Crippen molar-refractivity contribution in [3.8, 4) is 0 Å². The lowest BCUT2D eigenvalue weighted by atomic mass is 9.78. The second kappa shape index (κ2) is 3.15. The number of nitrogens with two attached hydrogens (primary N) is 1. The minimum Gasteiger partial charge on any atom is -0.330 e. The summed E-state index contributed by atoms with van der Waals surface area (Å²) >= 11 is 0. The smallest absolute Gasteiger partial charge is 0.00755 e. The molecule has 1 unspecified atom stereocenters. The van der Waals surface area contributed by atoms with E-state index in [-0.39, 0.29) is 5.41 Å². The molecule has 2 N–H and O–H groups in total. The van der Waals surface area contributed by atoms with Gasteiger partial charge in [-0.3, -0.25) is 0 Å². The van der Waals surface area contributed by atoms with Crippen molar-refractivity contribution in [3.63, 3.8) is 0 Å². The van der Waals surface area contributed by atoms with Crippen LogP contribution >= 0.6 is 0 Å². The number of hydrogen-bond acceptors (Lipinski definition) is 1. The van der Waals surface area contributed by atoms with E-state index in [0.29, 0.717) is 0 Å². The first-order valence-electron chi connectivity index (χ1n) is 5.03. The lowest BCUT2D eigenvalue weighted by Gasteiger charge is -2.28. The van der Waals surface area contributed by atoms with Crippen LogP contribution in [0, 0.1) is 5.92 Å². The van der Waals surface area contributed by atoms with Crippen molar-refractivity contribution in [1.29, 1.82) is 0 Å². The average Bonchev–Trinajstić information content (AvgIpc) is 3.02. The minimum atomic E-state index is 0.223. The average molecular weight is 175 g/mol. The Bertz CT molecular complexity index is 276. The molecule has 0 heterocycles. The first kappa shape index (κ1) is 8.76. The van der Waals surface area contributed by atoms with Crippen LogP contribution in [0.2, 0.25) is 0 Å². The zero-order valence-corrected chi connectivity index (χ0v) is 8.16. The fourth-order valence-electron chi connectivity index (χ4n) is 2.06. The van der Waals surface area contributed by atoms with Gasteiger partial charge in [0.25, 0.3) is 0 Å². The highest BCUT2D eigenvalue weighted by Crippen LogP contribution is 2.46. The second-order valence-corrected chi connectivity index (χ2v) is 4.26. The van der Waals surface area contributed by atoms with Crippen LogP contribution in [0.5, 0.6) is 0 Å². The highest BCUT2D eigenvalue weighted by Gasteiger charge is 2.41. The van der Waals surface area contributed by atoms with E-state index < -0.39 is 0 Å². The maximum absolute atomic E-state index is 5.88. The molecule has 70 valence electrons. The van der Waals surface area contributed by atoms with Gasteiger partial charge in [0.05, 0.1) is 0 Å². The molecule has 1 heteroatoms. The zero-order chi connectivity index (χ0) is 9.31. The zero-order valence-electron chi connectivity index (χ0n) is 8.16. The summed E-state index contributed by atoms with van der Waals surface area (Å²) in [6, 6.07) is 10.7. The second-order valence-electron chi connectivity index (χ2n) is 4.26. The third-order valence-corrected chi connectivity index (χ3v) is 3.34. The first-order valence-corrected chi connectivity index (χ1v) is 5.03. The van der Waals surface area contributed by atoms with E-state index >= 15 is 0 Å². The molecule has 0 saturated heterocycles. The van der Waals surface area contributed by atoms with Gasteiger partial charge < -0.3 is 5.73 Å². The molecule has 0 spiro atoms. The summed E-state index contributed by atoms with van der Waals surface area (Å²) in [6.45, 7) is 3.06. The van der Waals surface area contributed by atoms with Gasteiger partial charge in [0.1, 0.15) is 0 Å². The van der Waals surface area contributed by atoms with E-state index in [2.05, 4.69) is 37.3 Å². The maximum atomic E-state index is 5.88. The van der Waals surface area contributed by atoms with Crippen molar-refractivity contribution in [2.45, 2.75) is 25.2 Å². The molecule has 13 heavy (non-hydrogen) atoms. The number of benzene rings is 1. The fourth-order valence-corrected chi connectivity index (χ4v) is 2.06. The molecule has 2 rings (SSSR count). The highest BCUT2D eigenvalue weighted by atomic mass is 14.6. The molecule has 1 fully saturated rings. The van der Waals surface area contributed by atoms with Crippen LogP contribution in [-0.2, 0) is 5.41 Å².